The molecule has 4 heteroatoms. The first kappa shape index (κ1) is 17.5. The molecule has 0 amide bonds. The number of rotatable bonds is 6. The summed E-state index contributed by atoms with van der Waals surface area (Å²) in [5.74, 6) is 1.62. The second-order valence-electron chi connectivity index (χ2n) is 6.64. The molecule has 2 heterocycles. The molecule has 0 bridgehead atoms. The zero-order chi connectivity index (χ0) is 17.6. The zero-order valence-electron chi connectivity index (χ0n) is 14.8. The Balaban J connectivity index is 1.52. The maximum absolute atomic E-state index is 9.12. The van der Waals surface area contributed by atoms with Gasteiger partial charge in [-0.25, -0.2) is 0 Å². The van der Waals surface area contributed by atoms with E-state index in [1.54, 1.807) is 13.3 Å². The minimum absolute atomic E-state index is 0.0243. The smallest absolute Gasteiger partial charge is 0.118 e. The van der Waals surface area contributed by atoms with E-state index in [9.17, 15) is 0 Å². The zero-order valence-corrected chi connectivity index (χ0v) is 14.8. The topological polar surface area (TPSA) is 45.6 Å². The van der Waals surface area contributed by atoms with E-state index in [1.807, 2.05) is 24.3 Å². The molecule has 1 fully saturated rings. The fourth-order valence-electron chi connectivity index (χ4n) is 3.35. The molecule has 0 aliphatic carbocycles. The molecule has 1 aromatic heterocycles. The Morgan fingerprint density at radius 2 is 1.84 bits per heavy atom. The summed E-state index contributed by atoms with van der Waals surface area (Å²) in [6, 6.07) is 12.2. The third-order valence-corrected chi connectivity index (χ3v) is 4.98. The maximum Gasteiger partial charge on any atom is 0.118 e. The number of likely N-dealkylation sites (tertiary alicyclic amines) is 1. The molecule has 4 nitrogen and oxygen atoms in total. The van der Waals surface area contributed by atoms with Crippen LogP contribution in [0.2, 0.25) is 0 Å². The van der Waals surface area contributed by atoms with Gasteiger partial charge < -0.3 is 14.7 Å². The van der Waals surface area contributed by atoms with Crippen LogP contribution < -0.4 is 4.74 Å². The molecule has 25 heavy (non-hydrogen) atoms. The molecular formula is C21H26N2O2. The summed E-state index contributed by atoms with van der Waals surface area (Å²) in [7, 11) is 1.70. The van der Waals surface area contributed by atoms with Crippen molar-refractivity contribution in [1.82, 2.24) is 9.88 Å². The van der Waals surface area contributed by atoms with Crippen LogP contribution in [0.5, 0.6) is 5.75 Å². The highest BCUT2D eigenvalue weighted by Crippen LogP contribution is 2.27. The molecule has 0 spiro atoms. The SMILES string of the molecule is C=C(c1ccc(CO)cn1)N1CCC(Cc2ccc(OC)cc2)CC1. The fraction of sp³-hybridized carbons (Fsp3) is 0.381. The van der Waals surface area contributed by atoms with Crippen molar-refractivity contribution in [3.63, 3.8) is 0 Å². The lowest BCUT2D eigenvalue weighted by Crippen LogP contribution is -2.33. The van der Waals surface area contributed by atoms with Crippen LogP contribution in [0.15, 0.2) is 49.2 Å². The summed E-state index contributed by atoms with van der Waals surface area (Å²) in [5, 5.41) is 9.12. The number of aromatic nitrogens is 1. The van der Waals surface area contributed by atoms with Crippen LogP contribution >= 0.6 is 0 Å². The van der Waals surface area contributed by atoms with Crippen molar-refractivity contribution in [2.24, 2.45) is 5.92 Å². The molecule has 1 N–H and O–H groups in total. The number of hydrogen-bond donors (Lipinski definition) is 1. The van der Waals surface area contributed by atoms with Crippen molar-refractivity contribution in [1.29, 1.82) is 0 Å². The van der Waals surface area contributed by atoms with Gasteiger partial charge >= 0.3 is 0 Å². The van der Waals surface area contributed by atoms with E-state index in [1.165, 1.54) is 18.4 Å². The second kappa shape index (κ2) is 8.17. The van der Waals surface area contributed by atoms with Crippen LogP contribution in [0, 0.1) is 5.92 Å². The minimum Gasteiger partial charge on any atom is -0.497 e. The number of hydrogen-bond acceptors (Lipinski definition) is 4. The predicted octanol–water partition coefficient (Wildman–Crippen LogP) is 3.51. The normalized spacial score (nSPS) is 15.2. The number of aliphatic hydroxyl groups is 1. The van der Waals surface area contributed by atoms with Crippen molar-refractivity contribution < 1.29 is 9.84 Å². The lowest BCUT2D eigenvalue weighted by Gasteiger charge is -2.34. The molecule has 1 aliphatic heterocycles. The van der Waals surface area contributed by atoms with E-state index in [2.05, 4.69) is 28.6 Å². The highest BCUT2D eigenvalue weighted by molar-refractivity contribution is 5.58. The summed E-state index contributed by atoms with van der Waals surface area (Å²) in [5.41, 5.74) is 4.08. The highest BCUT2D eigenvalue weighted by atomic mass is 16.5. The first-order chi connectivity index (χ1) is 12.2. The summed E-state index contributed by atoms with van der Waals surface area (Å²) in [4.78, 5) is 6.74. The van der Waals surface area contributed by atoms with Gasteiger partial charge in [-0.05, 0) is 54.5 Å². The Kier molecular flexibility index (Phi) is 5.71. The maximum atomic E-state index is 9.12. The molecule has 3 rings (SSSR count). The summed E-state index contributed by atoms with van der Waals surface area (Å²) < 4.78 is 5.22. The molecule has 2 aromatic rings. The summed E-state index contributed by atoms with van der Waals surface area (Å²) in [6.07, 6.45) is 5.17. The average Bonchev–Trinajstić information content (AvgIpc) is 2.69. The first-order valence-corrected chi connectivity index (χ1v) is 8.82. The Morgan fingerprint density at radius 1 is 1.16 bits per heavy atom. The second-order valence-corrected chi connectivity index (χ2v) is 6.64. The van der Waals surface area contributed by atoms with Crippen molar-refractivity contribution in [2.45, 2.75) is 25.9 Å². The van der Waals surface area contributed by atoms with Crippen molar-refractivity contribution >= 4 is 5.70 Å². The van der Waals surface area contributed by atoms with Gasteiger partial charge in [0.15, 0.2) is 0 Å². The van der Waals surface area contributed by atoms with Gasteiger partial charge in [0, 0.05) is 19.3 Å². The molecule has 1 saturated heterocycles. The van der Waals surface area contributed by atoms with Gasteiger partial charge in [0.2, 0.25) is 0 Å². The van der Waals surface area contributed by atoms with Gasteiger partial charge in [0.05, 0.1) is 25.1 Å². The molecule has 0 unspecified atom stereocenters. The monoisotopic (exact) mass is 338 g/mol. The van der Waals surface area contributed by atoms with E-state index >= 15 is 0 Å². The molecule has 132 valence electrons. The Bertz CT molecular complexity index is 687. The van der Waals surface area contributed by atoms with Crippen molar-refractivity contribution in [3.8, 4) is 5.75 Å². The lowest BCUT2D eigenvalue weighted by atomic mass is 9.90. The van der Waals surface area contributed by atoms with Gasteiger partial charge in [0.25, 0.3) is 0 Å². The van der Waals surface area contributed by atoms with E-state index in [0.717, 1.165) is 42.2 Å². The molecule has 0 saturated carbocycles. The number of ether oxygens (including phenoxy) is 1. The largest absolute Gasteiger partial charge is 0.497 e. The van der Waals surface area contributed by atoms with Gasteiger partial charge in [-0.3, -0.25) is 4.98 Å². The van der Waals surface area contributed by atoms with Crippen LogP contribution in [-0.4, -0.2) is 35.2 Å². The third kappa shape index (κ3) is 4.40. The number of nitrogens with zero attached hydrogens (tertiary/aromatic N) is 2. The number of methoxy groups -OCH3 is 1. The van der Waals surface area contributed by atoms with E-state index in [0.29, 0.717) is 5.92 Å². The number of pyridine rings is 1. The first-order valence-electron chi connectivity index (χ1n) is 8.82. The summed E-state index contributed by atoms with van der Waals surface area (Å²) >= 11 is 0. The standard InChI is InChI=1S/C21H26N2O2/c1-16(21-8-5-19(15-24)14-22-21)23-11-9-18(10-12-23)13-17-3-6-20(25-2)7-4-17/h3-8,14,18,24H,1,9-13,15H2,2H3. The van der Waals surface area contributed by atoms with E-state index < -0.39 is 0 Å². The highest BCUT2D eigenvalue weighted by Gasteiger charge is 2.21. The van der Waals surface area contributed by atoms with Crippen LogP contribution in [-0.2, 0) is 13.0 Å². The minimum atomic E-state index is 0.0243. The molecule has 0 atom stereocenters. The predicted molar refractivity (Wildman–Crippen MR) is 100 cm³/mol. The summed E-state index contributed by atoms with van der Waals surface area (Å²) in [6.45, 7) is 6.28. The third-order valence-electron chi connectivity index (χ3n) is 4.98. The van der Waals surface area contributed by atoms with Crippen LogP contribution in [0.4, 0.5) is 0 Å². The fourth-order valence-corrected chi connectivity index (χ4v) is 3.35. The van der Waals surface area contributed by atoms with E-state index in [4.69, 9.17) is 9.84 Å². The lowest BCUT2D eigenvalue weighted by molar-refractivity contribution is 0.254. The van der Waals surface area contributed by atoms with Crippen LogP contribution in [0.25, 0.3) is 5.70 Å². The number of aliphatic hydroxyl groups excluding tert-OH is 1. The van der Waals surface area contributed by atoms with Crippen molar-refractivity contribution in [2.75, 3.05) is 20.2 Å². The van der Waals surface area contributed by atoms with Crippen LogP contribution in [0.1, 0.15) is 29.7 Å². The number of benzene rings is 1. The van der Waals surface area contributed by atoms with Crippen LogP contribution in [0.3, 0.4) is 0 Å². The molecule has 1 aromatic carbocycles. The van der Waals surface area contributed by atoms with Gasteiger partial charge in [-0.2, -0.15) is 0 Å². The molecule has 0 radical (unpaired) electrons. The molecular weight excluding hydrogens is 312 g/mol. The molecule has 1 aliphatic rings. The Morgan fingerprint density at radius 3 is 2.40 bits per heavy atom. The Hall–Kier alpha value is -2.33. The van der Waals surface area contributed by atoms with Crippen molar-refractivity contribution in [3.05, 3.63) is 66.0 Å². The number of piperidine rings is 1. The van der Waals surface area contributed by atoms with E-state index in [-0.39, 0.29) is 6.61 Å². The van der Waals surface area contributed by atoms with Gasteiger partial charge in [-0.1, -0.05) is 24.8 Å². The van der Waals surface area contributed by atoms with Gasteiger partial charge in [-0.15, -0.1) is 0 Å². The quantitative estimate of drug-likeness (QED) is 0.875. The van der Waals surface area contributed by atoms with Gasteiger partial charge in [0.1, 0.15) is 5.75 Å². The average molecular weight is 338 g/mol. The Labute approximate surface area is 149 Å².